The Morgan fingerprint density at radius 3 is 2.32 bits per heavy atom. The van der Waals surface area contributed by atoms with Crippen molar-refractivity contribution in [3.05, 3.63) is 30.3 Å². The third kappa shape index (κ3) is 4.61. The fraction of sp³-hybridized carbons (Fsp3) is 0.632. The van der Waals surface area contributed by atoms with E-state index < -0.39 is 10.0 Å². The topological polar surface area (TPSA) is 66.5 Å². The summed E-state index contributed by atoms with van der Waals surface area (Å²) in [6.07, 6.45) is 8.43. The highest BCUT2D eigenvalue weighted by atomic mass is 32.2. The van der Waals surface area contributed by atoms with Gasteiger partial charge in [0.2, 0.25) is 15.9 Å². The average molecular weight is 365 g/mol. The Balaban J connectivity index is 1.63. The van der Waals surface area contributed by atoms with E-state index in [2.05, 4.69) is 5.32 Å². The Morgan fingerprint density at radius 2 is 1.64 bits per heavy atom. The minimum absolute atomic E-state index is 0.0276. The molecule has 1 aliphatic heterocycles. The van der Waals surface area contributed by atoms with E-state index in [4.69, 9.17) is 0 Å². The summed E-state index contributed by atoms with van der Waals surface area (Å²) in [4.78, 5) is 13.0. The van der Waals surface area contributed by atoms with Crippen LogP contribution in [0.4, 0.5) is 0 Å². The molecule has 1 aromatic carbocycles. The second-order valence-corrected chi connectivity index (χ2v) is 9.15. The highest BCUT2D eigenvalue weighted by molar-refractivity contribution is 7.89. The molecule has 2 fully saturated rings. The van der Waals surface area contributed by atoms with Gasteiger partial charge >= 0.3 is 0 Å². The van der Waals surface area contributed by atoms with Crippen LogP contribution in [0.2, 0.25) is 0 Å². The SMILES string of the molecule is O=C(NC1CCCCCC1)[C@H]1CCCN(S(=O)(=O)c2ccccc2)C1. The summed E-state index contributed by atoms with van der Waals surface area (Å²) in [7, 11) is -3.51. The Bertz CT molecular complexity index is 667. The smallest absolute Gasteiger partial charge is 0.243 e. The molecule has 2 aliphatic rings. The number of piperidine rings is 1. The van der Waals surface area contributed by atoms with Crippen LogP contribution >= 0.6 is 0 Å². The number of carbonyl (C=O) groups excluding carboxylic acids is 1. The molecule has 138 valence electrons. The number of sulfonamides is 1. The number of nitrogens with zero attached hydrogens (tertiary/aromatic N) is 1. The number of benzene rings is 1. The Labute approximate surface area is 150 Å². The maximum atomic E-state index is 12.8. The lowest BCUT2D eigenvalue weighted by molar-refractivity contribution is -0.126. The summed E-state index contributed by atoms with van der Waals surface area (Å²) in [5.41, 5.74) is 0. The molecule has 25 heavy (non-hydrogen) atoms. The lowest BCUT2D eigenvalue weighted by atomic mass is 9.97. The summed E-state index contributed by atoms with van der Waals surface area (Å²) in [6.45, 7) is 0.778. The first-order valence-electron chi connectivity index (χ1n) is 9.43. The van der Waals surface area contributed by atoms with Gasteiger partial charge in [-0.3, -0.25) is 4.79 Å². The van der Waals surface area contributed by atoms with Crippen LogP contribution in [0.3, 0.4) is 0 Å². The van der Waals surface area contributed by atoms with Gasteiger partial charge in [-0.1, -0.05) is 43.9 Å². The molecule has 1 atom stereocenters. The molecule has 0 aromatic heterocycles. The monoisotopic (exact) mass is 364 g/mol. The molecule has 0 spiro atoms. The third-order valence-electron chi connectivity index (χ3n) is 5.34. The summed E-state index contributed by atoms with van der Waals surface area (Å²) in [5, 5.41) is 3.18. The molecular formula is C19H28N2O3S. The molecule has 1 saturated heterocycles. The van der Waals surface area contributed by atoms with Crippen molar-refractivity contribution in [1.82, 2.24) is 9.62 Å². The van der Waals surface area contributed by atoms with Crippen LogP contribution in [0.15, 0.2) is 35.2 Å². The van der Waals surface area contributed by atoms with E-state index in [1.54, 1.807) is 30.3 Å². The van der Waals surface area contributed by atoms with Crippen LogP contribution in [0.5, 0.6) is 0 Å². The Hall–Kier alpha value is -1.40. The number of carbonyl (C=O) groups is 1. The normalized spacial score (nSPS) is 23.8. The van der Waals surface area contributed by atoms with E-state index in [0.29, 0.717) is 11.4 Å². The van der Waals surface area contributed by atoms with Crippen LogP contribution < -0.4 is 5.32 Å². The van der Waals surface area contributed by atoms with Gasteiger partial charge in [0.05, 0.1) is 10.8 Å². The van der Waals surface area contributed by atoms with Gasteiger partial charge < -0.3 is 5.32 Å². The molecular weight excluding hydrogens is 336 g/mol. The molecule has 6 heteroatoms. The van der Waals surface area contributed by atoms with Crippen molar-refractivity contribution in [2.24, 2.45) is 5.92 Å². The summed E-state index contributed by atoms with van der Waals surface area (Å²) in [5.74, 6) is -0.213. The Kier molecular flexibility index (Phi) is 6.12. The summed E-state index contributed by atoms with van der Waals surface area (Å²) in [6, 6.07) is 8.75. The fourth-order valence-electron chi connectivity index (χ4n) is 3.86. The fourth-order valence-corrected chi connectivity index (χ4v) is 5.40. The lowest BCUT2D eigenvalue weighted by Crippen LogP contribution is -2.47. The van der Waals surface area contributed by atoms with Crippen LogP contribution in [-0.4, -0.2) is 37.8 Å². The van der Waals surface area contributed by atoms with Gasteiger partial charge in [-0.05, 0) is 37.8 Å². The molecule has 1 N–H and O–H groups in total. The van der Waals surface area contributed by atoms with Crippen molar-refractivity contribution in [2.75, 3.05) is 13.1 Å². The number of amides is 1. The highest BCUT2D eigenvalue weighted by Crippen LogP contribution is 2.24. The van der Waals surface area contributed by atoms with Crippen molar-refractivity contribution >= 4 is 15.9 Å². The standard InChI is InChI=1S/C19H28N2O3S/c22-19(20-17-10-4-1-2-5-11-17)16-9-8-14-21(15-16)25(23,24)18-12-6-3-7-13-18/h3,6-7,12-13,16-17H,1-2,4-5,8-11,14-15H2,(H,20,22)/t16-/m0/s1. The average Bonchev–Trinajstić information content (AvgIpc) is 2.91. The van der Waals surface area contributed by atoms with Gasteiger partial charge in [0.25, 0.3) is 0 Å². The second kappa shape index (κ2) is 8.32. The summed E-state index contributed by atoms with van der Waals surface area (Å²) >= 11 is 0. The van der Waals surface area contributed by atoms with Gasteiger partial charge in [-0.15, -0.1) is 0 Å². The number of rotatable bonds is 4. The Morgan fingerprint density at radius 1 is 0.960 bits per heavy atom. The molecule has 1 saturated carbocycles. The number of hydrogen-bond donors (Lipinski definition) is 1. The van der Waals surface area contributed by atoms with Crippen molar-refractivity contribution in [3.63, 3.8) is 0 Å². The molecule has 3 rings (SSSR count). The minimum atomic E-state index is -3.51. The molecule has 1 aromatic rings. The van der Waals surface area contributed by atoms with Crippen LogP contribution in [-0.2, 0) is 14.8 Å². The largest absolute Gasteiger partial charge is 0.353 e. The predicted octanol–water partition coefficient (Wildman–Crippen LogP) is 2.93. The van der Waals surface area contributed by atoms with Gasteiger partial charge in [-0.2, -0.15) is 4.31 Å². The van der Waals surface area contributed by atoms with Gasteiger partial charge in [0, 0.05) is 19.1 Å². The van der Waals surface area contributed by atoms with E-state index in [9.17, 15) is 13.2 Å². The first-order valence-corrected chi connectivity index (χ1v) is 10.9. The van der Waals surface area contributed by atoms with Crippen molar-refractivity contribution < 1.29 is 13.2 Å². The van der Waals surface area contributed by atoms with E-state index in [0.717, 1.165) is 25.7 Å². The first kappa shape index (κ1) is 18.4. The van der Waals surface area contributed by atoms with E-state index in [-0.39, 0.29) is 24.4 Å². The van der Waals surface area contributed by atoms with Crippen molar-refractivity contribution in [2.45, 2.75) is 62.3 Å². The van der Waals surface area contributed by atoms with Crippen LogP contribution in [0.1, 0.15) is 51.4 Å². The van der Waals surface area contributed by atoms with Gasteiger partial charge in [0.1, 0.15) is 0 Å². The number of hydrogen-bond acceptors (Lipinski definition) is 3. The molecule has 0 bridgehead atoms. The molecule has 1 aliphatic carbocycles. The van der Waals surface area contributed by atoms with E-state index >= 15 is 0 Å². The molecule has 1 heterocycles. The van der Waals surface area contributed by atoms with Crippen molar-refractivity contribution in [3.8, 4) is 0 Å². The number of nitrogens with one attached hydrogen (secondary N) is 1. The zero-order chi connectivity index (χ0) is 17.7. The minimum Gasteiger partial charge on any atom is -0.353 e. The maximum Gasteiger partial charge on any atom is 0.243 e. The second-order valence-electron chi connectivity index (χ2n) is 7.21. The van der Waals surface area contributed by atoms with Crippen LogP contribution in [0.25, 0.3) is 0 Å². The maximum absolute atomic E-state index is 12.8. The van der Waals surface area contributed by atoms with Crippen molar-refractivity contribution in [1.29, 1.82) is 0 Å². The third-order valence-corrected chi connectivity index (χ3v) is 7.22. The van der Waals surface area contributed by atoms with E-state index in [1.807, 2.05) is 0 Å². The quantitative estimate of drug-likeness (QED) is 0.836. The van der Waals surface area contributed by atoms with Gasteiger partial charge in [-0.25, -0.2) is 8.42 Å². The van der Waals surface area contributed by atoms with E-state index in [1.165, 1.54) is 30.0 Å². The zero-order valence-corrected chi connectivity index (χ0v) is 15.5. The van der Waals surface area contributed by atoms with Gasteiger partial charge in [0.15, 0.2) is 0 Å². The molecule has 5 nitrogen and oxygen atoms in total. The van der Waals surface area contributed by atoms with Crippen LogP contribution in [0, 0.1) is 5.92 Å². The molecule has 0 unspecified atom stereocenters. The predicted molar refractivity (Wildman–Crippen MR) is 97.6 cm³/mol. The molecule has 1 amide bonds. The summed E-state index contributed by atoms with van der Waals surface area (Å²) < 4.78 is 27.0. The first-order chi connectivity index (χ1) is 12.1. The zero-order valence-electron chi connectivity index (χ0n) is 14.7. The molecule has 0 radical (unpaired) electrons. The lowest BCUT2D eigenvalue weighted by Gasteiger charge is -2.32. The highest BCUT2D eigenvalue weighted by Gasteiger charge is 2.33.